The summed E-state index contributed by atoms with van der Waals surface area (Å²) in [7, 11) is 0. The fourth-order valence-electron chi connectivity index (χ4n) is 2.03. The highest BCUT2D eigenvalue weighted by atomic mass is 32.1. The van der Waals surface area contributed by atoms with Crippen LogP contribution in [0.15, 0.2) is 0 Å². The van der Waals surface area contributed by atoms with Crippen LogP contribution >= 0.6 is 11.3 Å². The standard InChI is InChI=1S/C15H28N4O2S/c1-9(2)10(20)15(6,7)8-16-12(21)17-13-19-18-11(22-13)14(3,4)5/h9-10,20H,8H2,1-7H3,(H2,16,17,19,21). The first-order valence-corrected chi connectivity index (χ1v) is 8.32. The summed E-state index contributed by atoms with van der Waals surface area (Å²) in [4.78, 5) is 11.9. The molecule has 0 fully saturated rings. The van der Waals surface area contributed by atoms with Crippen LogP contribution in [0.5, 0.6) is 0 Å². The Morgan fingerprint density at radius 2 is 1.82 bits per heavy atom. The fraction of sp³-hybridized carbons (Fsp3) is 0.800. The van der Waals surface area contributed by atoms with Crippen molar-refractivity contribution < 1.29 is 9.90 Å². The second-order valence-corrected chi connectivity index (χ2v) is 8.63. The monoisotopic (exact) mass is 328 g/mol. The van der Waals surface area contributed by atoms with Crippen molar-refractivity contribution in [3.63, 3.8) is 0 Å². The molecule has 0 aliphatic carbocycles. The van der Waals surface area contributed by atoms with Crippen LogP contribution in [0.3, 0.4) is 0 Å². The summed E-state index contributed by atoms with van der Waals surface area (Å²) in [5.74, 6) is 0.136. The van der Waals surface area contributed by atoms with Crippen molar-refractivity contribution in [2.24, 2.45) is 11.3 Å². The summed E-state index contributed by atoms with van der Waals surface area (Å²) >= 11 is 1.37. The summed E-state index contributed by atoms with van der Waals surface area (Å²) in [5, 5.41) is 25.0. The predicted octanol–water partition coefficient (Wildman–Crippen LogP) is 3.00. The zero-order valence-corrected chi connectivity index (χ0v) is 15.3. The number of hydrogen-bond acceptors (Lipinski definition) is 5. The topological polar surface area (TPSA) is 87.1 Å². The van der Waals surface area contributed by atoms with Crippen molar-refractivity contribution in [3.05, 3.63) is 5.01 Å². The summed E-state index contributed by atoms with van der Waals surface area (Å²) in [6.07, 6.45) is -0.484. The van der Waals surface area contributed by atoms with Gasteiger partial charge in [0.25, 0.3) is 0 Å². The summed E-state index contributed by atoms with van der Waals surface area (Å²) in [6, 6.07) is -0.333. The van der Waals surface area contributed by atoms with E-state index in [4.69, 9.17) is 0 Å². The van der Waals surface area contributed by atoms with Crippen molar-refractivity contribution in [3.8, 4) is 0 Å². The molecule has 22 heavy (non-hydrogen) atoms. The average molecular weight is 328 g/mol. The predicted molar refractivity (Wildman–Crippen MR) is 90.3 cm³/mol. The molecule has 126 valence electrons. The second-order valence-electron chi connectivity index (χ2n) is 7.65. The van der Waals surface area contributed by atoms with E-state index >= 15 is 0 Å². The number of anilines is 1. The van der Waals surface area contributed by atoms with Crippen LogP contribution in [0.4, 0.5) is 9.93 Å². The molecular formula is C15H28N4O2S. The first-order chi connectivity index (χ1) is 9.93. The molecule has 7 heteroatoms. The van der Waals surface area contributed by atoms with E-state index in [1.54, 1.807) is 0 Å². The van der Waals surface area contributed by atoms with Crippen LogP contribution in [0.1, 0.15) is 53.5 Å². The van der Waals surface area contributed by atoms with Crippen LogP contribution in [-0.4, -0.2) is 34.0 Å². The molecule has 0 aliphatic heterocycles. The van der Waals surface area contributed by atoms with Crippen molar-refractivity contribution in [2.75, 3.05) is 11.9 Å². The number of carbonyl (C=O) groups is 1. The van der Waals surface area contributed by atoms with Crippen LogP contribution < -0.4 is 10.6 Å². The average Bonchev–Trinajstić information content (AvgIpc) is 2.84. The minimum Gasteiger partial charge on any atom is -0.392 e. The number of urea groups is 1. The molecular weight excluding hydrogens is 300 g/mol. The maximum Gasteiger partial charge on any atom is 0.321 e. The van der Waals surface area contributed by atoms with Gasteiger partial charge in [0.2, 0.25) is 5.13 Å². The summed E-state index contributed by atoms with van der Waals surface area (Å²) < 4.78 is 0. The lowest BCUT2D eigenvalue weighted by Gasteiger charge is -2.33. The van der Waals surface area contributed by atoms with E-state index in [0.717, 1.165) is 5.01 Å². The van der Waals surface area contributed by atoms with Crippen molar-refractivity contribution in [1.82, 2.24) is 15.5 Å². The van der Waals surface area contributed by atoms with Crippen molar-refractivity contribution in [1.29, 1.82) is 0 Å². The Hall–Kier alpha value is -1.21. The number of nitrogens with one attached hydrogen (secondary N) is 2. The number of hydrogen-bond donors (Lipinski definition) is 3. The van der Waals surface area contributed by atoms with E-state index in [2.05, 4.69) is 20.8 Å². The van der Waals surface area contributed by atoms with Gasteiger partial charge in [0.15, 0.2) is 0 Å². The molecule has 1 atom stereocenters. The first kappa shape index (κ1) is 18.8. The molecule has 0 bridgehead atoms. The molecule has 0 radical (unpaired) electrons. The number of carbonyl (C=O) groups excluding carboxylic acids is 1. The molecule has 6 nitrogen and oxygen atoms in total. The van der Waals surface area contributed by atoms with Gasteiger partial charge in [-0.05, 0) is 5.92 Å². The van der Waals surface area contributed by atoms with Gasteiger partial charge < -0.3 is 10.4 Å². The van der Waals surface area contributed by atoms with Gasteiger partial charge in [-0.15, -0.1) is 10.2 Å². The first-order valence-electron chi connectivity index (χ1n) is 7.50. The van der Waals surface area contributed by atoms with E-state index in [9.17, 15) is 9.90 Å². The molecule has 1 unspecified atom stereocenters. The molecule has 1 heterocycles. The molecule has 2 amide bonds. The molecule has 0 spiro atoms. The quantitative estimate of drug-likeness (QED) is 0.775. The van der Waals surface area contributed by atoms with Gasteiger partial charge in [-0.3, -0.25) is 5.32 Å². The second kappa shape index (κ2) is 6.91. The smallest absolute Gasteiger partial charge is 0.321 e. The molecule has 1 rings (SSSR count). The van der Waals surface area contributed by atoms with Crippen LogP contribution in [0.25, 0.3) is 0 Å². The number of nitrogens with zero attached hydrogens (tertiary/aromatic N) is 2. The zero-order chi connectivity index (χ0) is 17.1. The molecule has 1 aromatic rings. The molecule has 0 saturated carbocycles. The Kier molecular flexibility index (Phi) is 5.92. The van der Waals surface area contributed by atoms with Crippen LogP contribution in [-0.2, 0) is 5.41 Å². The summed E-state index contributed by atoms with van der Waals surface area (Å²) in [6.45, 7) is 14.3. The highest BCUT2D eigenvalue weighted by Gasteiger charge is 2.30. The van der Waals surface area contributed by atoms with Gasteiger partial charge in [-0.2, -0.15) is 0 Å². The van der Waals surface area contributed by atoms with Crippen LogP contribution in [0, 0.1) is 11.3 Å². The Morgan fingerprint density at radius 1 is 1.23 bits per heavy atom. The van der Waals surface area contributed by atoms with Crippen molar-refractivity contribution >= 4 is 22.5 Å². The Bertz CT molecular complexity index is 506. The number of aliphatic hydroxyl groups excluding tert-OH is 1. The zero-order valence-electron chi connectivity index (χ0n) is 14.5. The van der Waals surface area contributed by atoms with Gasteiger partial charge in [-0.25, -0.2) is 4.79 Å². The van der Waals surface area contributed by atoms with E-state index in [1.807, 2.05) is 48.5 Å². The number of amides is 2. The molecule has 0 aliphatic rings. The van der Waals surface area contributed by atoms with E-state index in [1.165, 1.54) is 11.3 Å². The number of aliphatic hydroxyl groups is 1. The third-order valence-electron chi connectivity index (χ3n) is 3.42. The van der Waals surface area contributed by atoms with Crippen molar-refractivity contribution in [2.45, 2.75) is 60.0 Å². The SMILES string of the molecule is CC(C)C(O)C(C)(C)CNC(=O)Nc1nnc(C(C)(C)C)s1. The Balaban J connectivity index is 2.55. The lowest BCUT2D eigenvalue weighted by atomic mass is 9.81. The van der Waals surface area contributed by atoms with Gasteiger partial charge in [-0.1, -0.05) is 59.8 Å². The van der Waals surface area contributed by atoms with E-state index in [-0.39, 0.29) is 17.4 Å². The third-order valence-corrected chi connectivity index (χ3v) is 4.69. The highest BCUT2D eigenvalue weighted by molar-refractivity contribution is 7.15. The van der Waals surface area contributed by atoms with Gasteiger partial charge in [0, 0.05) is 17.4 Å². The Morgan fingerprint density at radius 3 is 2.27 bits per heavy atom. The van der Waals surface area contributed by atoms with E-state index < -0.39 is 11.5 Å². The highest BCUT2D eigenvalue weighted by Crippen LogP contribution is 2.28. The normalized spacial score (nSPS) is 14.0. The summed E-state index contributed by atoms with van der Waals surface area (Å²) in [5.41, 5.74) is -0.485. The minimum atomic E-state index is -0.484. The number of rotatable bonds is 5. The lowest BCUT2D eigenvalue weighted by molar-refractivity contribution is 0.0154. The van der Waals surface area contributed by atoms with Gasteiger partial charge >= 0.3 is 6.03 Å². The Labute approximate surface area is 136 Å². The maximum atomic E-state index is 11.9. The maximum absolute atomic E-state index is 11.9. The van der Waals surface area contributed by atoms with Crippen LogP contribution in [0.2, 0.25) is 0 Å². The minimum absolute atomic E-state index is 0.0859. The largest absolute Gasteiger partial charge is 0.392 e. The van der Waals surface area contributed by atoms with Gasteiger partial charge in [0.05, 0.1) is 6.10 Å². The lowest BCUT2D eigenvalue weighted by Crippen LogP contribution is -2.44. The third kappa shape index (κ3) is 5.21. The molecule has 3 N–H and O–H groups in total. The fourth-order valence-corrected chi connectivity index (χ4v) is 2.83. The van der Waals surface area contributed by atoms with Gasteiger partial charge in [0.1, 0.15) is 5.01 Å². The molecule has 0 aromatic carbocycles. The molecule has 1 aromatic heterocycles. The number of aromatic nitrogens is 2. The molecule has 0 saturated heterocycles. The van der Waals surface area contributed by atoms with E-state index in [0.29, 0.717) is 11.7 Å².